The molecule has 6 aromatic rings. The SMILES string of the molecule is CC(=O)C1=C(C)N=c2s/c(=C\c3c4ccccc4cc4ccccc34)c(=O)n2[C@@H]1c1ccc(-c2ccc(Cl)c(Cl)c2)o1. The maximum absolute atomic E-state index is 14.2. The van der Waals surface area contributed by atoms with Gasteiger partial charge in [0.1, 0.15) is 17.6 Å². The third-order valence-corrected chi connectivity index (χ3v) is 9.31. The number of aromatic nitrogens is 1. The molecule has 0 N–H and O–H groups in total. The number of carbonyl (C=O) groups is 1. The molecule has 5 nitrogen and oxygen atoms in total. The number of nitrogens with zero attached hydrogens (tertiary/aromatic N) is 2. The second-order valence-electron chi connectivity index (χ2n) is 10.2. The highest BCUT2D eigenvalue weighted by Crippen LogP contribution is 2.36. The number of carbonyl (C=O) groups excluding carboxylic acids is 1. The predicted molar refractivity (Wildman–Crippen MR) is 170 cm³/mol. The van der Waals surface area contributed by atoms with Crippen LogP contribution in [0.3, 0.4) is 0 Å². The average Bonchev–Trinajstić information content (AvgIpc) is 3.58. The summed E-state index contributed by atoms with van der Waals surface area (Å²) in [5, 5.41) is 5.13. The Morgan fingerprint density at radius 2 is 1.62 bits per heavy atom. The van der Waals surface area contributed by atoms with Crippen LogP contribution in [-0.4, -0.2) is 10.4 Å². The van der Waals surface area contributed by atoms with E-state index in [-0.39, 0.29) is 11.3 Å². The van der Waals surface area contributed by atoms with Crippen LogP contribution in [0.5, 0.6) is 0 Å². The van der Waals surface area contributed by atoms with Crippen molar-refractivity contribution in [2.45, 2.75) is 19.9 Å². The lowest BCUT2D eigenvalue weighted by atomic mass is 9.96. The Morgan fingerprint density at radius 1 is 0.929 bits per heavy atom. The first-order valence-corrected chi connectivity index (χ1v) is 14.9. The molecule has 0 saturated heterocycles. The number of fused-ring (bicyclic) bond motifs is 3. The first-order chi connectivity index (χ1) is 20.3. The molecule has 2 aromatic heterocycles. The van der Waals surface area contributed by atoms with Crippen molar-refractivity contribution in [2.75, 3.05) is 0 Å². The molecule has 7 rings (SSSR count). The zero-order valence-corrected chi connectivity index (χ0v) is 24.8. The first kappa shape index (κ1) is 26.7. The van der Waals surface area contributed by atoms with Crippen molar-refractivity contribution < 1.29 is 9.21 Å². The molecule has 42 heavy (non-hydrogen) atoms. The van der Waals surface area contributed by atoms with Gasteiger partial charge in [-0.1, -0.05) is 83.1 Å². The van der Waals surface area contributed by atoms with Gasteiger partial charge in [0.15, 0.2) is 10.6 Å². The Balaban J connectivity index is 1.45. The molecule has 1 aliphatic rings. The van der Waals surface area contributed by atoms with Crippen LogP contribution in [0, 0.1) is 0 Å². The summed E-state index contributed by atoms with van der Waals surface area (Å²) in [5.74, 6) is 0.826. The first-order valence-electron chi connectivity index (χ1n) is 13.3. The summed E-state index contributed by atoms with van der Waals surface area (Å²) in [4.78, 5) is 32.3. The second kappa shape index (κ2) is 10.2. The number of hydrogen-bond donors (Lipinski definition) is 0. The maximum Gasteiger partial charge on any atom is 0.271 e. The Morgan fingerprint density at radius 3 is 2.29 bits per heavy atom. The molecular weight excluding hydrogens is 587 g/mol. The summed E-state index contributed by atoms with van der Waals surface area (Å²) in [5.41, 5.74) is 2.44. The molecule has 4 aromatic carbocycles. The highest BCUT2D eigenvalue weighted by atomic mass is 35.5. The molecule has 1 atom stereocenters. The van der Waals surface area contributed by atoms with Gasteiger partial charge in [-0.3, -0.25) is 14.2 Å². The van der Waals surface area contributed by atoms with E-state index in [1.165, 1.54) is 18.3 Å². The minimum Gasteiger partial charge on any atom is -0.458 e. The van der Waals surface area contributed by atoms with Crippen molar-refractivity contribution in [3.8, 4) is 11.3 Å². The fraction of sp³-hybridized carbons (Fsp3) is 0.0882. The number of thiazole rings is 1. The molecule has 0 bridgehead atoms. The van der Waals surface area contributed by atoms with Gasteiger partial charge in [-0.25, -0.2) is 4.99 Å². The number of ketones is 1. The molecule has 8 heteroatoms. The number of hydrogen-bond acceptors (Lipinski definition) is 5. The lowest BCUT2D eigenvalue weighted by Crippen LogP contribution is -2.39. The molecule has 0 saturated carbocycles. The Kier molecular flexibility index (Phi) is 6.50. The minimum absolute atomic E-state index is 0.178. The fourth-order valence-corrected chi connectivity index (χ4v) is 7.01. The number of halogens is 2. The van der Waals surface area contributed by atoms with Gasteiger partial charge < -0.3 is 4.42 Å². The second-order valence-corrected chi connectivity index (χ2v) is 12.0. The third kappa shape index (κ3) is 4.34. The molecule has 206 valence electrons. The van der Waals surface area contributed by atoms with Gasteiger partial charge in [0, 0.05) is 16.8 Å². The molecule has 0 fully saturated rings. The highest BCUT2D eigenvalue weighted by Gasteiger charge is 2.33. The molecular formula is C34H22Cl2N2O3S. The summed E-state index contributed by atoms with van der Waals surface area (Å²) in [6.45, 7) is 3.28. The van der Waals surface area contributed by atoms with Gasteiger partial charge in [-0.15, -0.1) is 0 Å². The summed E-state index contributed by atoms with van der Waals surface area (Å²) in [6, 6.07) is 26.5. The van der Waals surface area contributed by atoms with E-state index in [0.717, 1.165) is 32.7 Å². The van der Waals surface area contributed by atoms with Crippen LogP contribution in [0.4, 0.5) is 0 Å². The Bertz CT molecular complexity index is 2260. The highest BCUT2D eigenvalue weighted by molar-refractivity contribution is 7.07. The van der Waals surface area contributed by atoms with Crippen LogP contribution in [0.2, 0.25) is 10.0 Å². The summed E-state index contributed by atoms with van der Waals surface area (Å²) >= 11 is 13.7. The van der Waals surface area contributed by atoms with Crippen LogP contribution in [0.15, 0.2) is 110 Å². The maximum atomic E-state index is 14.2. The molecule has 0 spiro atoms. The Labute approximate surface area is 254 Å². The number of benzene rings is 4. The van der Waals surface area contributed by atoms with Crippen LogP contribution < -0.4 is 14.9 Å². The smallest absolute Gasteiger partial charge is 0.271 e. The average molecular weight is 610 g/mol. The normalized spacial score (nSPS) is 15.3. The van der Waals surface area contributed by atoms with Gasteiger partial charge >= 0.3 is 0 Å². The topological polar surface area (TPSA) is 64.6 Å². The van der Waals surface area contributed by atoms with E-state index in [1.807, 2.05) is 36.4 Å². The van der Waals surface area contributed by atoms with Gasteiger partial charge in [0.2, 0.25) is 0 Å². The molecule has 0 amide bonds. The van der Waals surface area contributed by atoms with Crippen molar-refractivity contribution in [3.05, 3.63) is 137 Å². The zero-order chi connectivity index (χ0) is 29.1. The van der Waals surface area contributed by atoms with Crippen molar-refractivity contribution in [3.63, 3.8) is 0 Å². The van der Waals surface area contributed by atoms with Gasteiger partial charge in [0.05, 0.1) is 14.6 Å². The van der Waals surface area contributed by atoms with Crippen molar-refractivity contribution in [2.24, 2.45) is 4.99 Å². The molecule has 0 aliphatic carbocycles. The standard InChI is InChI=1S/C34H22Cl2N2O3S/c1-18-31(19(2)39)32(29-14-13-28(41-29)22-11-12-26(35)27(36)16-22)38-33(40)30(42-34(38)37-18)17-25-23-9-5-3-7-20(23)15-21-8-4-6-10-24(21)25/h3-17,32H,1-2H3/b30-17-/t32-/m1/s1. The largest absolute Gasteiger partial charge is 0.458 e. The summed E-state index contributed by atoms with van der Waals surface area (Å²) in [6.07, 6.45) is 1.95. The van der Waals surface area contributed by atoms with Gasteiger partial charge in [-0.2, -0.15) is 0 Å². The van der Waals surface area contributed by atoms with Crippen LogP contribution in [0.1, 0.15) is 31.2 Å². The molecule has 1 aliphatic heterocycles. The minimum atomic E-state index is -0.762. The van der Waals surface area contributed by atoms with Gasteiger partial charge in [0.25, 0.3) is 5.56 Å². The summed E-state index contributed by atoms with van der Waals surface area (Å²) < 4.78 is 8.39. The predicted octanol–water partition coefficient (Wildman–Crippen LogP) is 7.70. The lowest BCUT2D eigenvalue weighted by molar-refractivity contribution is -0.114. The number of rotatable bonds is 4. The van der Waals surface area contributed by atoms with Gasteiger partial charge in [-0.05, 0) is 83.4 Å². The van der Waals surface area contributed by atoms with E-state index >= 15 is 0 Å². The van der Waals surface area contributed by atoms with E-state index in [9.17, 15) is 9.59 Å². The fourth-order valence-electron chi connectivity index (χ4n) is 5.68. The van der Waals surface area contributed by atoms with E-state index in [4.69, 9.17) is 32.6 Å². The third-order valence-electron chi connectivity index (χ3n) is 7.59. The van der Waals surface area contributed by atoms with Crippen LogP contribution in [0.25, 0.3) is 38.9 Å². The van der Waals surface area contributed by atoms with E-state index in [2.05, 4.69) is 30.3 Å². The number of allylic oxidation sites excluding steroid dienone is 2. The van der Waals surface area contributed by atoms with Crippen molar-refractivity contribution in [1.29, 1.82) is 0 Å². The lowest BCUT2D eigenvalue weighted by Gasteiger charge is -2.22. The molecule has 3 heterocycles. The van der Waals surface area contributed by atoms with Crippen LogP contribution in [-0.2, 0) is 4.79 Å². The Hall–Kier alpha value is -4.23. The van der Waals surface area contributed by atoms with E-state index in [1.54, 1.807) is 35.8 Å². The number of furan rings is 1. The van der Waals surface area contributed by atoms with E-state index < -0.39 is 6.04 Å². The van der Waals surface area contributed by atoms with E-state index in [0.29, 0.717) is 42.2 Å². The van der Waals surface area contributed by atoms with Crippen molar-refractivity contribution in [1.82, 2.24) is 4.57 Å². The van der Waals surface area contributed by atoms with Crippen molar-refractivity contribution >= 4 is 67.9 Å². The number of Topliss-reactive ketones (excluding diaryl/α,β-unsaturated/α-hetero) is 1. The monoisotopic (exact) mass is 608 g/mol. The quantitative estimate of drug-likeness (QED) is 0.193. The summed E-state index contributed by atoms with van der Waals surface area (Å²) in [7, 11) is 0. The molecule has 0 radical (unpaired) electrons. The zero-order valence-electron chi connectivity index (χ0n) is 22.5. The van der Waals surface area contributed by atoms with Crippen LogP contribution >= 0.6 is 34.5 Å². The molecule has 0 unspecified atom stereocenters.